The number of hydrogen-bond donors (Lipinski definition) is 1. The Balaban J connectivity index is 2.44. The number of aryl methyl sites for hydroxylation is 1. The van der Waals surface area contributed by atoms with E-state index in [2.05, 4.69) is 5.10 Å². The van der Waals surface area contributed by atoms with Crippen LogP contribution in [0.4, 0.5) is 0 Å². The lowest BCUT2D eigenvalue weighted by Crippen LogP contribution is -2.04. The fourth-order valence-electron chi connectivity index (χ4n) is 2.33. The smallest absolute Gasteiger partial charge is 0.133 e. The van der Waals surface area contributed by atoms with Gasteiger partial charge in [-0.2, -0.15) is 5.10 Å². The predicted octanol–water partition coefficient (Wildman–Crippen LogP) is 3.68. The Morgan fingerprint density at radius 2 is 2.10 bits per heavy atom. The number of hydrogen-bond acceptors (Lipinski definition) is 3. The van der Waals surface area contributed by atoms with Crippen LogP contribution in [0, 0.1) is 0 Å². The number of ether oxygens (including phenoxy) is 1. The topological polar surface area (TPSA) is 47.3 Å². The number of benzene rings is 1. The van der Waals surface area contributed by atoms with Gasteiger partial charge in [-0.15, -0.1) is 0 Å². The molecule has 0 spiro atoms. The molecule has 0 aliphatic heterocycles. The van der Waals surface area contributed by atoms with Gasteiger partial charge in [0.2, 0.25) is 0 Å². The molecule has 0 amide bonds. The number of aromatic nitrogens is 2. The lowest BCUT2D eigenvalue weighted by atomic mass is 9.97. The minimum Gasteiger partial charge on any atom is -0.494 e. The van der Waals surface area contributed by atoms with Crippen LogP contribution in [0.15, 0.2) is 24.3 Å². The largest absolute Gasteiger partial charge is 0.494 e. The quantitative estimate of drug-likeness (QED) is 0.916. The molecule has 0 fully saturated rings. The van der Waals surface area contributed by atoms with Crippen LogP contribution >= 0.6 is 11.6 Å². The van der Waals surface area contributed by atoms with Gasteiger partial charge in [0.15, 0.2) is 0 Å². The molecule has 2 aromatic rings. The Labute approximate surface area is 130 Å². The highest BCUT2D eigenvalue weighted by atomic mass is 35.5. The Bertz CT molecular complexity index is 623. The van der Waals surface area contributed by atoms with Gasteiger partial charge in [0.1, 0.15) is 17.0 Å². The lowest BCUT2D eigenvalue weighted by Gasteiger charge is -2.14. The third-order valence-electron chi connectivity index (χ3n) is 3.35. The van der Waals surface area contributed by atoms with Crippen molar-refractivity contribution in [3.63, 3.8) is 0 Å². The molecular weight excluding hydrogens is 288 g/mol. The van der Waals surface area contributed by atoms with Gasteiger partial charge >= 0.3 is 0 Å². The van der Waals surface area contributed by atoms with Crippen LogP contribution in [0.2, 0.25) is 5.15 Å². The maximum Gasteiger partial charge on any atom is 0.133 e. The van der Waals surface area contributed by atoms with E-state index in [1.807, 2.05) is 45.0 Å². The van der Waals surface area contributed by atoms with Gasteiger partial charge in [0, 0.05) is 12.6 Å². The van der Waals surface area contributed by atoms with E-state index in [0.717, 1.165) is 17.0 Å². The first kappa shape index (κ1) is 15.9. The minimum absolute atomic E-state index is 0.184. The number of nitrogens with zero attached hydrogens (tertiary/aromatic N) is 2. The molecule has 21 heavy (non-hydrogen) atoms. The van der Waals surface area contributed by atoms with Crippen molar-refractivity contribution in [3.05, 3.63) is 46.2 Å². The standard InChI is InChI=1S/C16H21ClN2O2/c1-5-21-12-8-6-7-11(9-12)15(20)13-14(10(2)3)18-19(4)16(13)17/h6-10,15,20H,5H2,1-4H3. The van der Waals surface area contributed by atoms with Crippen LogP contribution < -0.4 is 4.74 Å². The Hall–Kier alpha value is -1.52. The van der Waals surface area contributed by atoms with E-state index in [0.29, 0.717) is 17.3 Å². The molecule has 1 unspecified atom stereocenters. The zero-order valence-corrected chi connectivity index (χ0v) is 13.6. The molecule has 114 valence electrons. The summed E-state index contributed by atoms with van der Waals surface area (Å²) in [4.78, 5) is 0. The summed E-state index contributed by atoms with van der Waals surface area (Å²) in [5.74, 6) is 0.920. The first-order valence-corrected chi connectivity index (χ1v) is 7.46. The fraction of sp³-hybridized carbons (Fsp3) is 0.438. The SMILES string of the molecule is CCOc1cccc(C(O)c2c(C(C)C)nn(C)c2Cl)c1. The van der Waals surface area contributed by atoms with E-state index in [9.17, 15) is 5.11 Å². The van der Waals surface area contributed by atoms with E-state index in [1.165, 1.54) is 0 Å². The molecule has 4 nitrogen and oxygen atoms in total. The van der Waals surface area contributed by atoms with E-state index < -0.39 is 6.10 Å². The van der Waals surface area contributed by atoms with Crippen LogP contribution in [0.1, 0.15) is 49.6 Å². The van der Waals surface area contributed by atoms with E-state index >= 15 is 0 Å². The molecule has 1 heterocycles. The average Bonchev–Trinajstić information content (AvgIpc) is 2.75. The Morgan fingerprint density at radius 3 is 2.71 bits per heavy atom. The van der Waals surface area contributed by atoms with Gasteiger partial charge in [-0.25, -0.2) is 0 Å². The van der Waals surface area contributed by atoms with E-state index in [4.69, 9.17) is 16.3 Å². The van der Waals surface area contributed by atoms with Gasteiger partial charge in [-0.3, -0.25) is 4.68 Å². The highest BCUT2D eigenvalue weighted by molar-refractivity contribution is 6.30. The van der Waals surface area contributed by atoms with Crippen LogP contribution in [0.5, 0.6) is 5.75 Å². The zero-order chi connectivity index (χ0) is 15.6. The minimum atomic E-state index is -0.816. The highest BCUT2D eigenvalue weighted by Crippen LogP contribution is 2.35. The Morgan fingerprint density at radius 1 is 1.38 bits per heavy atom. The van der Waals surface area contributed by atoms with Gasteiger partial charge in [0.05, 0.1) is 12.3 Å². The summed E-state index contributed by atoms with van der Waals surface area (Å²) < 4.78 is 7.08. The van der Waals surface area contributed by atoms with Gasteiger partial charge in [-0.1, -0.05) is 37.6 Å². The summed E-state index contributed by atoms with van der Waals surface area (Å²) >= 11 is 6.31. The molecule has 0 bridgehead atoms. The molecule has 1 aromatic heterocycles. The lowest BCUT2D eigenvalue weighted by molar-refractivity contribution is 0.218. The predicted molar refractivity (Wildman–Crippen MR) is 84.0 cm³/mol. The van der Waals surface area contributed by atoms with Crippen molar-refractivity contribution in [3.8, 4) is 5.75 Å². The van der Waals surface area contributed by atoms with Crippen molar-refractivity contribution in [1.29, 1.82) is 0 Å². The molecule has 0 aliphatic rings. The second kappa shape index (κ2) is 6.50. The number of halogens is 1. The monoisotopic (exact) mass is 308 g/mol. The van der Waals surface area contributed by atoms with Gasteiger partial charge < -0.3 is 9.84 Å². The molecular formula is C16H21ClN2O2. The second-order valence-electron chi connectivity index (χ2n) is 5.28. The maximum absolute atomic E-state index is 10.7. The molecule has 1 N–H and O–H groups in total. The van der Waals surface area contributed by atoms with Crippen molar-refractivity contribution in [2.45, 2.75) is 32.8 Å². The van der Waals surface area contributed by atoms with Crippen LogP contribution in [-0.4, -0.2) is 21.5 Å². The van der Waals surface area contributed by atoms with E-state index in [-0.39, 0.29) is 5.92 Å². The normalized spacial score (nSPS) is 12.7. The van der Waals surface area contributed by atoms with Gasteiger partial charge in [0.25, 0.3) is 0 Å². The first-order valence-electron chi connectivity index (χ1n) is 7.08. The van der Waals surface area contributed by atoms with Crippen LogP contribution in [-0.2, 0) is 7.05 Å². The number of aliphatic hydroxyl groups excluding tert-OH is 1. The number of aliphatic hydroxyl groups is 1. The van der Waals surface area contributed by atoms with Crippen molar-refractivity contribution in [2.75, 3.05) is 6.61 Å². The summed E-state index contributed by atoms with van der Waals surface area (Å²) in [5, 5.41) is 15.6. The van der Waals surface area contributed by atoms with Crippen molar-refractivity contribution < 1.29 is 9.84 Å². The number of rotatable bonds is 5. The average molecular weight is 309 g/mol. The summed E-state index contributed by atoms with van der Waals surface area (Å²) in [7, 11) is 1.78. The molecule has 2 rings (SSSR count). The first-order chi connectivity index (χ1) is 9.95. The summed E-state index contributed by atoms with van der Waals surface area (Å²) in [5.41, 5.74) is 2.23. The van der Waals surface area contributed by atoms with Crippen molar-refractivity contribution >= 4 is 11.6 Å². The van der Waals surface area contributed by atoms with Crippen molar-refractivity contribution in [1.82, 2.24) is 9.78 Å². The molecule has 0 aliphatic carbocycles. The van der Waals surface area contributed by atoms with Gasteiger partial charge in [-0.05, 0) is 30.5 Å². The third kappa shape index (κ3) is 3.22. The molecule has 0 saturated heterocycles. The summed E-state index contributed by atoms with van der Waals surface area (Å²) in [6.45, 7) is 6.58. The van der Waals surface area contributed by atoms with Crippen LogP contribution in [0.3, 0.4) is 0 Å². The second-order valence-corrected chi connectivity index (χ2v) is 5.63. The molecule has 1 atom stereocenters. The molecule has 0 radical (unpaired) electrons. The summed E-state index contributed by atoms with van der Waals surface area (Å²) in [6, 6.07) is 7.43. The zero-order valence-electron chi connectivity index (χ0n) is 12.8. The van der Waals surface area contributed by atoms with E-state index in [1.54, 1.807) is 11.7 Å². The highest BCUT2D eigenvalue weighted by Gasteiger charge is 2.24. The Kier molecular flexibility index (Phi) is 4.91. The molecule has 1 aromatic carbocycles. The fourth-order valence-corrected chi connectivity index (χ4v) is 2.56. The maximum atomic E-state index is 10.7. The molecule has 0 saturated carbocycles. The molecule has 5 heteroatoms. The van der Waals surface area contributed by atoms with Crippen LogP contribution in [0.25, 0.3) is 0 Å². The van der Waals surface area contributed by atoms with Crippen molar-refractivity contribution in [2.24, 2.45) is 7.05 Å². The third-order valence-corrected chi connectivity index (χ3v) is 3.79. The summed E-state index contributed by atoms with van der Waals surface area (Å²) in [6.07, 6.45) is -0.816.